The van der Waals surface area contributed by atoms with Gasteiger partial charge in [0.1, 0.15) is 6.17 Å². The van der Waals surface area contributed by atoms with E-state index in [1.807, 2.05) is 0 Å². The highest BCUT2D eigenvalue weighted by molar-refractivity contribution is 5.51. The van der Waals surface area contributed by atoms with E-state index >= 15 is 0 Å². The second-order valence-corrected chi connectivity index (χ2v) is 11.3. The lowest BCUT2D eigenvalue weighted by molar-refractivity contribution is 0.273. The maximum atomic E-state index is 2.63. The van der Waals surface area contributed by atoms with Crippen molar-refractivity contribution < 1.29 is 0 Å². The molecule has 0 N–H and O–H groups in total. The normalized spacial score (nSPS) is 15.3. The van der Waals surface area contributed by atoms with Crippen LogP contribution in [0.4, 0.5) is 5.69 Å². The van der Waals surface area contributed by atoms with Crippen molar-refractivity contribution in [1.82, 2.24) is 4.90 Å². The number of nitrogens with zero attached hydrogens (tertiary/aromatic N) is 2. The molecule has 0 aliphatic carbocycles. The Kier molecular flexibility index (Phi) is 18.5. The summed E-state index contributed by atoms with van der Waals surface area (Å²) in [6.07, 6.45) is 36.2. The fraction of sp³-hybridized carbons (Fsp3) is 0.765. The van der Waals surface area contributed by atoms with E-state index < -0.39 is 0 Å². The van der Waals surface area contributed by atoms with Gasteiger partial charge >= 0.3 is 0 Å². The Morgan fingerprint density at radius 1 is 0.500 bits per heavy atom. The van der Waals surface area contributed by atoms with Crippen LogP contribution in [0.5, 0.6) is 0 Å². The standard InChI is InChI=1S/C34H60N2/c1-3-5-7-9-11-12-13-14-15-16-17-18-19-21-26-30-35-31-32-36(33-27-23-22-24-28-33)34(35)29-25-20-10-8-6-4-2/h22-24,27-28,31-32,34H,3-21,25-26,29-30H2,1-2H3. The number of hydrogen-bond acceptors (Lipinski definition) is 2. The monoisotopic (exact) mass is 496 g/mol. The van der Waals surface area contributed by atoms with E-state index in [0.29, 0.717) is 6.17 Å². The molecule has 1 aliphatic heterocycles. The van der Waals surface area contributed by atoms with E-state index in [1.54, 1.807) is 0 Å². The molecular weight excluding hydrogens is 436 g/mol. The number of para-hydroxylation sites is 1. The summed E-state index contributed by atoms with van der Waals surface area (Å²) in [5.41, 5.74) is 1.34. The lowest BCUT2D eigenvalue weighted by atomic mass is 10.0. The summed E-state index contributed by atoms with van der Waals surface area (Å²) in [6.45, 7) is 5.81. The molecule has 0 spiro atoms. The molecule has 1 heterocycles. The van der Waals surface area contributed by atoms with Crippen LogP contribution in [0, 0.1) is 0 Å². The van der Waals surface area contributed by atoms with Gasteiger partial charge in [-0.1, -0.05) is 154 Å². The summed E-state index contributed by atoms with van der Waals surface area (Å²) in [5.74, 6) is 0. The Balaban J connectivity index is 1.54. The third-order valence-corrected chi connectivity index (χ3v) is 8.01. The molecule has 0 bridgehead atoms. The lowest BCUT2D eigenvalue weighted by Gasteiger charge is -2.33. The third-order valence-electron chi connectivity index (χ3n) is 8.01. The predicted molar refractivity (Wildman–Crippen MR) is 161 cm³/mol. The molecule has 206 valence electrons. The van der Waals surface area contributed by atoms with Gasteiger partial charge in [-0.15, -0.1) is 0 Å². The van der Waals surface area contributed by atoms with Crippen LogP contribution < -0.4 is 4.90 Å². The zero-order chi connectivity index (χ0) is 25.5. The molecule has 2 nitrogen and oxygen atoms in total. The molecule has 2 rings (SSSR count). The minimum Gasteiger partial charge on any atom is -0.356 e. The SMILES string of the molecule is CCCCCCCCCCCCCCCCCN1C=CN(c2ccccc2)C1CCCCCCCC. The predicted octanol–water partition coefficient (Wildman–Crippen LogP) is 11.2. The van der Waals surface area contributed by atoms with Crippen molar-refractivity contribution in [2.75, 3.05) is 11.4 Å². The Bertz CT molecular complexity index is 625. The summed E-state index contributed by atoms with van der Waals surface area (Å²) in [6, 6.07) is 11.0. The molecule has 0 amide bonds. The number of hydrogen-bond donors (Lipinski definition) is 0. The molecule has 0 saturated heterocycles. The first kappa shape index (κ1) is 30.8. The zero-order valence-electron chi connectivity index (χ0n) is 24.3. The zero-order valence-corrected chi connectivity index (χ0v) is 24.3. The summed E-state index contributed by atoms with van der Waals surface area (Å²) in [7, 11) is 0. The van der Waals surface area contributed by atoms with Crippen LogP contribution in [-0.2, 0) is 0 Å². The van der Waals surface area contributed by atoms with Gasteiger partial charge in [0.25, 0.3) is 0 Å². The minimum absolute atomic E-state index is 0.505. The Hall–Kier alpha value is -1.44. The van der Waals surface area contributed by atoms with Crippen LogP contribution in [0.1, 0.15) is 155 Å². The van der Waals surface area contributed by atoms with E-state index in [-0.39, 0.29) is 0 Å². The molecule has 1 unspecified atom stereocenters. The second-order valence-electron chi connectivity index (χ2n) is 11.3. The number of benzene rings is 1. The molecule has 0 radical (unpaired) electrons. The molecule has 1 atom stereocenters. The maximum absolute atomic E-state index is 2.63. The molecule has 2 heteroatoms. The molecule has 1 aliphatic rings. The number of anilines is 1. The van der Waals surface area contributed by atoms with E-state index in [9.17, 15) is 0 Å². The van der Waals surface area contributed by atoms with Crippen LogP contribution in [-0.4, -0.2) is 17.6 Å². The van der Waals surface area contributed by atoms with Gasteiger partial charge in [0.2, 0.25) is 0 Å². The highest BCUT2D eigenvalue weighted by atomic mass is 15.4. The van der Waals surface area contributed by atoms with Gasteiger partial charge in [-0.25, -0.2) is 0 Å². The molecular formula is C34H60N2. The highest BCUT2D eigenvalue weighted by Gasteiger charge is 2.26. The van der Waals surface area contributed by atoms with Crippen molar-refractivity contribution in [3.05, 3.63) is 42.7 Å². The lowest BCUT2D eigenvalue weighted by Crippen LogP contribution is -2.39. The smallest absolute Gasteiger partial charge is 0.105 e. The second kappa shape index (κ2) is 21.6. The van der Waals surface area contributed by atoms with E-state index in [2.05, 4.69) is 66.4 Å². The van der Waals surface area contributed by atoms with Crippen molar-refractivity contribution in [3.8, 4) is 0 Å². The van der Waals surface area contributed by atoms with E-state index in [0.717, 1.165) is 0 Å². The van der Waals surface area contributed by atoms with Crippen LogP contribution >= 0.6 is 0 Å². The van der Waals surface area contributed by atoms with E-state index in [4.69, 9.17) is 0 Å². The summed E-state index contributed by atoms with van der Waals surface area (Å²) in [5, 5.41) is 0. The first-order valence-electron chi connectivity index (χ1n) is 16.1. The van der Waals surface area contributed by atoms with E-state index in [1.165, 1.54) is 153 Å². The number of unbranched alkanes of at least 4 members (excludes halogenated alkanes) is 19. The summed E-state index contributed by atoms with van der Waals surface area (Å²) >= 11 is 0. The fourth-order valence-electron chi connectivity index (χ4n) is 5.68. The third kappa shape index (κ3) is 13.8. The van der Waals surface area contributed by atoms with Crippen molar-refractivity contribution in [2.45, 2.75) is 161 Å². The highest BCUT2D eigenvalue weighted by Crippen LogP contribution is 2.28. The molecule has 1 aromatic rings. The molecule has 1 aromatic carbocycles. The Morgan fingerprint density at radius 2 is 0.944 bits per heavy atom. The molecule has 0 saturated carbocycles. The summed E-state index contributed by atoms with van der Waals surface area (Å²) < 4.78 is 0. The Morgan fingerprint density at radius 3 is 1.44 bits per heavy atom. The van der Waals surface area contributed by atoms with Gasteiger partial charge in [0.15, 0.2) is 0 Å². The van der Waals surface area contributed by atoms with Gasteiger partial charge in [0, 0.05) is 24.6 Å². The maximum Gasteiger partial charge on any atom is 0.105 e. The van der Waals surface area contributed by atoms with Crippen molar-refractivity contribution in [1.29, 1.82) is 0 Å². The summed E-state index contributed by atoms with van der Waals surface area (Å²) in [4.78, 5) is 5.14. The molecule has 36 heavy (non-hydrogen) atoms. The van der Waals surface area contributed by atoms with Crippen LogP contribution in [0.25, 0.3) is 0 Å². The first-order valence-corrected chi connectivity index (χ1v) is 16.1. The minimum atomic E-state index is 0.505. The van der Waals surface area contributed by atoms with Crippen LogP contribution in [0.3, 0.4) is 0 Å². The average Bonchev–Trinajstić information content (AvgIpc) is 3.31. The van der Waals surface area contributed by atoms with Crippen LogP contribution in [0.2, 0.25) is 0 Å². The first-order chi connectivity index (χ1) is 17.9. The van der Waals surface area contributed by atoms with Gasteiger partial charge in [0.05, 0.1) is 0 Å². The topological polar surface area (TPSA) is 6.48 Å². The molecule has 0 fully saturated rings. The fourth-order valence-corrected chi connectivity index (χ4v) is 5.68. The van der Waals surface area contributed by atoms with Gasteiger partial charge in [-0.05, 0) is 31.4 Å². The van der Waals surface area contributed by atoms with Gasteiger partial charge < -0.3 is 9.80 Å². The largest absolute Gasteiger partial charge is 0.356 e. The Labute approximate surface area is 225 Å². The molecule has 0 aromatic heterocycles. The van der Waals surface area contributed by atoms with Gasteiger partial charge in [-0.3, -0.25) is 0 Å². The van der Waals surface area contributed by atoms with Crippen molar-refractivity contribution >= 4 is 5.69 Å². The van der Waals surface area contributed by atoms with Gasteiger partial charge in [-0.2, -0.15) is 0 Å². The van der Waals surface area contributed by atoms with Crippen molar-refractivity contribution in [2.24, 2.45) is 0 Å². The number of rotatable bonds is 24. The van der Waals surface area contributed by atoms with Crippen molar-refractivity contribution in [3.63, 3.8) is 0 Å². The van der Waals surface area contributed by atoms with Crippen LogP contribution in [0.15, 0.2) is 42.7 Å². The quantitative estimate of drug-likeness (QED) is 0.131. The average molecular weight is 497 g/mol.